The zero-order valence-corrected chi connectivity index (χ0v) is 10.0. The van der Waals surface area contributed by atoms with Gasteiger partial charge in [0.05, 0.1) is 0 Å². The van der Waals surface area contributed by atoms with Crippen molar-refractivity contribution in [1.82, 2.24) is 0 Å². The first-order chi connectivity index (χ1) is 6.19. The van der Waals surface area contributed by atoms with Crippen LogP contribution < -0.4 is 0 Å². The molecular formula is C11H13IO. The van der Waals surface area contributed by atoms with E-state index >= 15 is 0 Å². The van der Waals surface area contributed by atoms with E-state index in [2.05, 4.69) is 47.7 Å². The van der Waals surface area contributed by atoms with Crippen molar-refractivity contribution in [2.45, 2.75) is 26.2 Å². The van der Waals surface area contributed by atoms with E-state index < -0.39 is 0 Å². The van der Waals surface area contributed by atoms with Crippen molar-refractivity contribution in [3.63, 3.8) is 0 Å². The highest BCUT2D eigenvalue weighted by atomic mass is 127. The third-order valence-corrected chi connectivity index (χ3v) is 2.85. The fraction of sp³-hybridized carbons (Fsp3) is 0.364. The number of hydrogen-bond donors (Lipinski definition) is 0. The van der Waals surface area contributed by atoms with Crippen LogP contribution in [0, 0.1) is 3.57 Å². The number of aryl methyl sites for hydroxylation is 1. The molecule has 70 valence electrons. The molecule has 0 aliphatic carbocycles. The predicted octanol–water partition coefficient (Wildman–Crippen LogP) is 3.16. The molecule has 0 heterocycles. The first-order valence-corrected chi connectivity index (χ1v) is 5.50. The smallest absolute Gasteiger partial charge is 0.127 e. The summed E-state index contributed by atoms with van der Waals surface area (Å²) in [6, 6.07) is 6.25. The normalized spacial score (nSPS) is 12.5. The predicted molar refractivity (Wildman–Crippen MR) is 63.0 cm³/mol. The topological polar surface area (TPSA) is 17.1 Å². The van der Waals surface area contributed by atoms with E-state index in [1.807, 2.05) is 6.92 Å². The molecular weight excluding hydrogens is 275 g/mol. The van der Waals surface area contributed by atoms with Gasteiger partial charge in [0.15, 0.2) is 0 Å². The lowest BCUT2D eigenvalue weighted by Crippen LogP contribution is -1.99. The highest BCUT2D eigenvalue weighted by Crippen LogP contribution is 2.21. The van der Waals surface area contributed by atoms with Gasteiger partial charge in [-0.1, -0.05) is 19.9 Å². The lowest BCUT2D eigenvalue weighted by atomic mass is 9.96. The minimum Gasteiger partial charge on any atom is -0.303 e. The fourth-order valence-corrected chi connectivity index (χ4v) is 1.95. The Kier molecular flexibility index (Phi) is 3.90. The summed E-state index contributed by atoms with van der Waals surface area (Å²) >= 11 is 2.29. The second-order valence-corrected chi connectivity index (χ2v) is 4.37. The molecule has 1 rings (SSSR count). The molecule has 0 fully saturated rings. The molecule has 0 aliphatic heterocycles. The quantitative estimate of drug-likeness (QED) is 0.617. The van der Waals surface area contributed by atoms with Crippen LogP contribution >= 0.6 is 22.6 Å². The van der Waals surface area contributed by atoms with Gasteiger partial charge in [-0.3, -0.25) is 0 Å². The van der Waals surface area contributed by atoms with Crippen LogP contribution in [0.5, 0.6) is 0 Å². The Morgan fingerprint density at radius 3 is 2.77 bits per heavy atom. The summed E-state index contributed by atoms with van der Waals surface area (Å²) in [5.41, 5.74) is 2.45. The highest BCUT2D eigenvalue weighted by molar-refractivity contribution is 14.1. The maximum absolute atomic E-state index is 10.7. The van der Waals surface area contributed by atoms with Gasteiger partial charge in [0.2, 0.25) is 0 Å². The van der Waals surface area contributed by atoms with Gasteiger partial charge in [0.25, 0.3) is 0 Å². The number of benzene rings is 1. The molecule has 13 heavy (non-hydrogen) atoms. The molecule has 0 saturated carbocycles. The average Bonchev–Trinajstić information content (AvgIpc) is 2.16. The summed E-state index contributed by atoms with van der Waals surface area (Å²) in [4.78, 5) is 10.7. The minimum absolute atomic E-state index is 0.0203. The van der Waals surface area contributed by atoms with Crippen molar-refractivity contribution in [3.8, 4) is 0 Å². The van der Waals surface area contributed by atoms with E-state index in [1.54, 1.807) is 0 Å². The third-order valence-electron chi connectivity index (χ3n) is 2.18. The molecule has 0 spiro atoms. The van der Waals surface area contributed by atoms with Crippen molar-refractivity contribution in [3.05, 3.63) is 32.9 Å². The summed E-state index contributed by atoms with van der Waals surface area (Å²) in [5, 5.41) is 0. The molecule has 2 heteroatoms. The zero-order valence-electron chi connectivity index (χ0n) is 7.88. The van der Waals surface area contributed by atoms with Crippen LogP contribution in [0.25, 0.3) is 0 Å². The monoisotopic (exact) mass is 288 g/mol. The third kappa shape index (κ3) is 2.53. The number of rotatable bonds is 3. The number of carbonyl (C=O) groups is 1. The lowest BCUT2D eigenvalue weighted by Gasteiger charge is -2.10. The van der Waals surface area contributed by atoms with E-state index in [4.69, 9.17) is 0 Å². The minimum atomic E-state index is 0.0203. The molecule has 0 amide bonds. The van der Waals surface area contributed by atoms with E-state index in [0.717, 1.165) is 18.3 Å². The second kappa shape index (κ2) is 4.74. The molecule has 1 unspecified atom stereocenters. The Morgan fingerprint density at radius 2 is 2.23 bits per heavy atom. The van der Waals surface area contributed by atoms with Crippen molar-refractivity contribution in [1.29, 1.82) is 0 Å². The number of aldehydes is 1. The Hall–Kier alpha value is -0.380. The van der Waals surface area contributed by atoms with Crippen LogP contribution in [0.15, 0.2) is 18.2 Å². The Morgan fingerprint density at radius 1 is 1.54 bits per heavy atom. The molecule has 0 aromatic heterocycles. The second-order valence-electron chi connectivity index (χ2n) is 3.12. The molecule has 0 aliphatic rings. The van der Waals surface area contributed by atoms with E-state index in [0.29, 0.717) is 0 Å². The SMILES string of the molecule is CCc1cc(I)ccc1C(C)C=O. The maximum Gasteiger partial charge on any atom is 0.127 e. The van der Waals surface area contributed by atoms with Crippen LogP contribution in [-0.4, -0.2) is 6.29 Å². The summed E-state index contributed by atoms with van der Waals surface area (Å²) in [5.74, 6) is 0.0203. The molecule has 1 nitrogen and oxygen atoms in total. The number of hydrogen-bond acceptors (Lipinski definition) is 1. The molecule has 1 atom stereocenters. The van der Waals surface area contributed by atoms with Crippen molar-refractivity contribution < 1.29 is 4.79 Å². The van der Waals surface area contributed by atoms with Gasteiger partial charge in [-0.05, 0) is 52.3 Å². The van der Waals surface area contributed by atoms with Crippen LogP contribution in [0.1, 0.15) is 30.9 Å². The number of carbonyl (C=O) groups excluding carboxylic acids is 1. The van der Waals surface area contributed by atoms with Gasteiger partial charge in [-0.15, -0.1) is 0 Å². The first-order valence-electron chi connectivity index (χ1n) is 4.42. The molecule has 0 saturated heterocycles. The van der Waals surface area contributed by atoms with Crippen molar-refractivity contribution in [2.24, 2.45) is 0 Å². The highest BCUT2D eigenvalue weighted by Gasteiger charge is 2.08. The van der Waals surface area contributed by atoms with Gasteiger partial charge in [-0.25, -0.2) is 0 Å². The van der Waals surface area contributed by atoms with Gasteiger partial charge < -0.3 is 4.79 Å². The summed E-state index contributed by atoms with van der Waals surface area (Å²) in [6.45, 7) is 4.06. The van der Waals surface area contributed by atoms with Crippen molar-refractivity contribution in [2.75, 3.05) is 0 Å². The Labute approximate surface area is 92.7 Å². The molecule has 0 radical (unpaired) electrons. The van der Waals surface area contributed by atoms with Gasteiger partial charge in [-0.2, -0.15) is 0 Å². The largest absolute Gasteiger partial charge is 0.303 e. The van der Waals surface area contributed by atoms with Gasteiger partial charge in [0, 0.05) is 9.49 Å². The lowest BCUT2D eigenvalue weighted by molar-refractivity contribution is -0.108. The maximum atomic E-state index is 10.7. The number of halogens is 1. The van der Waals surface area contributed by atoms with Gasteiger partial charge >= 0.3 is 0 Å². The molecule has 1 aromatic rings. The van der Waals surface area contributed by atoms with E-state index in [9.17, 15) is 4.79 Å². The van der Waals surface area contributed by atoms with Crippen molar-refractivity contribution >= 4 is 28.9 Å². The Balaban J connectivity index is 3.12. The Bertz CT molecular complexity index is 307. The molecule has 0 bridgehead atoms. The summed E-state index contributed by atoms with van der Waals surface area (Å²) in [7, 11) is 0. The van der Waals surface area contributed by atoms with Crippen LogP contribution in [0.4, 0.5) is 0 Å². The van der Waals surface area contributed by atoms with Crippen LogP contribution in [0.2, 0.25) is 0 Å². The van der Waals surface area contributed by atoms with Crippen LogP contribution in [0.3, 0.4) is 0 Å². The summed E-state index contributed by atoms with van der Waals surface area (Å²) in [6.07, 6.45) is 1.99. The molecule has 0 N–H and O–H groups in total. The first kappa shape index (κ1) is 10.7. The molecule has 1 aromatic carbocycles. The standard InChI is InChI=1S/C11H13IO/c1-3-9-6-10(12)4-5-11(9)8(2)7-13/h4-8H,3H2,1-2H3. The fourth-order valence-electron chi connectivity index (χ4n) is 1.40. The zero-order chi connectivity index (χ0) is 9.84. The summed E-state index contributed by atoms with van der Waals surface area (Å²) < 4.78 is 1.23. The average molecular weight is 288 g/mol. The van der Waals surface area contributed by atoms with E-state index in [1.165, 1.54) is 9.13 Å². The van der Waals surface area contributed by atoms with Crippen LogP contribution in [-0.2, 0) is 11.2 Å². The van der Waals surface area contributed by atoms with Gasteiger partial charge in [0.1, 0.15) is 6.29 Å². The van der Waals surface area contributed by atoms with E-state index in [-0.39, 0.29) is 5.92 Å².